The van der Waals surface area contributed by atoms with Crippen LogP contribution < -0.4 is 5.48 Å². The van der Waals surface area contributed by atoms with Gasteiger partial charge in [-0.2, -0.15) is 13.2 Å². The standard InChI is InChI=1S/C6H12F3NO/c1-5(10-11)3-2-4-6(7,8)9/h5,10-11H,2-4H2,1H3. The Morgan fingerprint density at radius 2 is 2.00 bits per heavy atom. The van der Waals surface area contributed by atoms with Crippen LogP contribution in [-0.4, -0.2) is 17.4 Å². The van der Waals surface area contributed by atoms with Crippen LogP contribution in [0.15, 0.2) is 0 Å². The summed E-state index contributed by atoms with van der Waals surface area (Å²) in [5.74, 6) is 0. The Morgan fingerprint density at radius 1 is 1.45 bits per heavy atom. The molecule has 0 amide bonds. The summed E-state index contributed by atoms with van der Waals surface area (Å²) >= 11 is 0. The van der Waals surface area contributed by atoms with Crippen molar-refractivity contribution in [3.8, 4) is 0 Å². The number of hydrogen-bond donors (Lipinski definition) is 2. The fourth-order valence-corrected chi connectivity index (χ4v) is 0.673. The van der Waals surface area contributed by atoms with Gasteiger partial charge in [-0.05, 0) is 19.8 Å². The molecule has 0 aliphatic heterocycles. The van der Waals surface area contributed by atoms with Gasteiger partial charge in [0.2, 0.25) is 0 Å². The molecule has 0 aliphatic carbocycles. The number of nitrogens with one attached hydrogen (secondary N) is 1. The minimum Gasteiger partial charge on any atom is -0.317 e. The SMILES string of the molecule is CC(CCCC(F)(F)F)NO. The van der Waals surface area contributed by atoms with Gasteiger partial charge < -0.3 is 5.21 Å². The maximum Gasteiger partial charge on any atom is 0.389 e. The van der Waals surface area contributed by atoms with Crippen LogP contribution in [0.3, 0.4) is 0 Å². The lowest BCUT2D eigenvalue weighted by atomic mass is 10.1. The highest BCUT2D eigenvalue weighted by atomic mass is 19.4. The summed E-state index contributed by atoms with van der Waals surface area (Å²) in [6.45, 7) is 1.62. The van der Waals surface area contributed by atoms with E-state index in [2.05, 4.69) is 0 Å². The number of hydrogen-bond acceptors (Lipinski definition) is 2. The van der Waals surface area contributed by atoms with Gasteiger partial charge in [0.25, 0.3) is 0 Å². The average Bonchev–Trinajstić information content (AvgIpc) is 1.85. The van der Waals surface area contributed by atoms with Gasteiger partial charge in [0.05, 0.1) is 0 Å². The molecule has 0 radical (unpaired) electrons. The minimum atomic E-state index is -4.07. The second-order valence-corrected chi connectivity index (χ2v) is 2.54. The topological polar surface area (TPSA) is 32.3 Å². The molecule has 11 heavy (non-hydrogen) atoms. The van der Waals surface area contributed by atoms with Gasteiger partial charge in [-0.3, -0.25) is 0 Å². The predicted octanol–water partition coefficient (Wildman–Crippen LogP) is 2.09. The van der Waals surface area contributed by atoms with Gasteiger partial charge >= 0.3 is 6.18 Å². The molecule has 1 unspecified atom stereocenters. The Balaban J connectivity index is 3.28. The minimum absolute atomic E-state index is 0.0538. The second-order valence-electron chi connectivity index (χ2n) is 2.54. The first-order valence-electron chi connectivity index (χ1n) is 3.42. The van der Waals surface area contributed by atoms with Crippen LogP contribution in [0.5, 0.6) is 0 Å². The van der Waals surface area contributed by atoms with Crippen molar-refractivity contribution >= 4 is 0 Å². The van der Waals surface area contributed by atoms with E-state index in [1.54, 1.807) is 6.92 Å². The lowest BCUT2D eigenvalue weighted by molar-refractivity contribution is -0.136. The number of halogens is 3. The van der Waals surface area contributed by atoms with Crippen molar-refractivity contribution in [3.63, 3.8) is 0 Å². The summed E-state index contributed by atoms with van der Waals surface area (Å²) in [6, 6.07) is -0.266. The van der Waals surface area contributed by atoms with Gasteiger partial charge in [-0.15, -0.1) is 0 Å². The molecule has 5 heteroatoms. The number of alkyl halides is 3. The van der Waals surface area contributed by atoms with E-state index in [4.69, 9.17) is 5.21 Å². The number of hydroxylamine groups is 1. The van der Waals surface area contributed by atoms with Crippen molar-refractivity contribution in [2.75, 3.05) is 0 Å². The third-order valence-electron chi connectivity index (χ3n) is 1.32. The first-order valence-corrected chi connectivity index (χ1v) is 3.42. The summed E-state index contributed by atoms with van der Waals surface area (Å²) in [5, 5.41) is 8.23. The summed E-state index contributed by atoms with van der Waals surface area (Å²) < 4.78 is 34.6. The van der Waals surface area contributed by atoms with Gasteiger partial charge in [0, 0.05) is 12.5 Å². The summed E-state index contributed by atoms with van der Waals surface area (Å²) in [7, 11) is 0. The quantitative estimate of drug-likeness (QED) is 0.635. The van der Waals surface area contributed by atoms with E-state index >= 15 is 0 Å². The zero-order valence-electron chi connectivity index (χ0n) is 6.28. The Morgan fingerprint density at radius 3 is 2.36 bits per heavy atom. The Labute approximate surface area is 63.4 Å². The fourth-order valence-electron chi connectivity index (χ4n) is 0.673. The highest BCUT2D eigenvalue weighted by molar-refractivity contribution is 4.57. The van der Waals surface area contributed by atoms with Gasteiger partial charge in [0.15, 0.2) is 0 Å². The van der Waals surface area contributed by atoms with E-state index < -0.39 is 12.6 Å². The summed E-state index contributed by atoms with van der Waals surface area (Å²) in [4.78, 5) is 0. The van der Waals surface area contributed by atoms with Crippen LogP contribution in [0, 0.1) is 0 Å². The molecule has 0 aromatic carbocycles. The first kappa shape index (κ1) is 10.7. The largest absolute Gasteiger partial charge is 0.389 e. The van der Waals surface area contributed by atoms with Crippen molar-refractivity contribution in [1.29, 1.82) is 0 Å². The van der Waals surface area contributed by atoms with Gasteiger partial charge in [-0.25, -0.2) is 5.48 Å². The van der Waals surface area contributed by atoms with E-state index in [-0.39, 0.29) is 12.5 Å². The van der Waals surface area contributed by atoms with Crippen molar-refractivity contribution in [3.05, 3.63) is 0 Å². The van der Waals surface area contributed by atoms with Crippen LogP contribution in [0.1, 0.15) is 26.2 Å². The molecular formula is C6H12F3NO. The summed E-state index contributed by atoms with van der Waals surface area (Å²) in [5.41, 5.74) is 1.88. The zero-order valence-corrected chi connectivity index (χ0v) is 6.28. The third kappa shape index (κ3) is 7.61. The molecule has 0 saturated heterocycles. The van der Waals surface area contributed by atoms with E-state index in [0.29, 0.717) is 6.42 Å². The van der Waals surface area contributed by atoms with E-state index in [9.17, 15) is 13.2 Å². The Kier molecular flexibility index (Phi) is 4.44. The molecule has 0 aromatic heterocycles. The molecule has 0 saturated carbocycles. The van der Waals surface area contributed by atoms with Crippen LogP contribution in [0.2, 0.25) is 0 Å². The third-order valence-corrected chi connectivity index (χ3v) is 1.32. The maximum atomic E-state index is 11.5. The fraction of sp³-hybridized carbons (Fsp3) is 1.00. The van der Waals surface area contributed by atoms with Crippen LogP contribution >= 0.6 is 0 Å². The molecular weight excluding hydrogens is 159 g/mol. The molecule has 0 spiro atoms. The van der Waals surface area contributed by atoms with Gasteiger partial charge in [0.1, 0.15) is 0 Å². The Bertz CT molecular complexity index is 104. The molecule has 2 nitrogen and oxygen atoms in total. The van der Waals surface area contributed by atoms with Crippen molar-refractivity contribution in [1.82, 2.24) is 5.48 Å². The van der Waals surface area contributed by atoms with Gasteiger partial charge in [-0.1, -0.05) is 0 Å². The van der Waals surface area contributed by atoms with Crippen molar-refractivity contribution < 1.29 is 18.4 Å². The average molecular weight is 171 g/mol. The lowest BCUT2D eigenvalue weighted by Gasteiger charge is -2.09. The van der Waals surface area contributed by atoms with Crippen molar-refractivity contribution in [2.45, 2.75) is 38.4 Å². The molecule has 0 rings (SSSR count). The molecule has 68 valence electrons. The molecule has 0 aromatic rings. The highest BCUT2D eigenvalue weighted by Gasteiger charge is 2.26. The van der Waals surface area contributed by atoms with Crippen LogP contribution in [0.25, 0.3) is 0 Å². The molecule has 0 bridgehead atoms. The highest BCUT2D eigenvalue weighted by Crippen LogP contribution is 2.22. The molecule has 0 aliphatic rings. The molecule has 0 fully saturated rings. The predicted molar refractivity (Wildman–Crippen MR) is 34.3 cm³/mol. The normalized spacial score (nSPS) is 15.0. The van der Waals surface area contributed by atoms with E-state index in [0.717, 1.165) is 0 Å². The second kappa shape index (κ2) is 4.56. The zero-order chi connectivity index (χ0) is 8.91. The molecule has 1 atom stereocenters. The lowest BCUT2D eigenvalue weighted by Crippen LogP contribution is -2.22. The van der Waals surface area contributed by atoms with E-state index in [1.807, 2.05) is 5.48 Å². The summed E-state index contributed by atoms with van der Waals surface area (Å²) in [6.07, 6.45) is -4.47. The smallest absolute Gasteiger partial charge is 0.317 e. The Hall–Kier alpha value is -0.290. The monoisotopic (exact) mass is 171 g/mol. The first-order chi connectivity index (χ1) is 4.95. The van der Waals surface area contributed by atoms with Crippen molar-refractivity contribution in [2.24, 2.45) is 0 Å². The van der Waals surface area contributed by atoms with Crippen LogP contribution in [-0.2, 0) is 0 Å². The molecule has 2 N–H and O–H groups in total. The van der Waals surface area contributed by atoms with Crippen LogP contribution in [0.4, 0.5) is 13.2 Å². The maximum absolute atomic E-state index is 11.5. The number of rotatable bonds is 4. The van der Waals surface area contributed by atoms with E-state index in [1.165, 1.54) is 0 Å². The molecule has 0 heterocycles.